The highest BCUT2D eigenvalue weighted by atomic mass is 16.3. The van der Waals surface area contributed by atoms with Crippen LogP contribution in [0.2, 0.25) is 0 Å². The number of para-hydroxylation sites is 2. The minimum atomic E-state index is -0.0827. The molecule has 6 aromatic carbocycles. The lowest BCUT2D eigenvalue weighted by molar-refractivity contribution is 0.660. The standard InChI is InChI=1S/C41H28N2O/c1-41(2)32-16-6-3-11-28(32)37-31(15-9-17-33(37)41)40-42-34-18-7-4-12-29(34)39(43-40)26-23-21-25(22-24-26)27-14-10-20-36-38(27)30-13-5-8-19-35(30)44-36/h3-24H,1-2H3. The third-order valence-electron chi connectivity index (χ3n) is 9.32. The van der Waals surface area contributed by atoms with Gasteiger partial charge < -0.3 is 4.42 Å². The summed E-state index contributed by atoms with van der Waals surface area (Å²) in [5.41, 5.74) is 13.2. The van der Waals surface area contributed by atoms with Gasteiger partial charge in [0.15, 0.2) is 5.82 Å². The smallest absolute Gasteiger partial charge is 0.161 e. The van der Waals surface area contributed by atoms with Gasteiger partial charge in [0.25, 0.3) is 0 Å². The SMILES string of the molecule is CC1(C)c2ccccc2-c2c(-c3nc(-c4ccc(-c5cccc6oc7ccccc7c56)cc4)c4ccccc4n3)cccc21. The van der Waals surface area contributed by atoms with Crippen molar-refractivity contribution in [2.24, 2.45) is 0 Å². The van der Waals surface area contributed by atoms with Gasteiger partial charge in [-0.15, -0.1) is 0 Å². The molecule has 0 spiro atoms. The summed E-state index contributed by atoms with van der Waals surface area (Å²) >= 11 is 0. The first-order valence-electron chi connectivity index (χ1n) is 15.1. The van der Waals surface area contributed by atoms with Crippen LogP contribution in [0.3, 0.4) is 0 Å². The molecule has 3 heteroatoms. The second kappa shape index (κ2) is 9.23. The van der Waals surface area contributed by atoms with Crippen molar-refractivity contribution in [1.29, 1.82) is 0 Å². The topological polar surface area (TPSA) is 38.9 Å². The molecule has 0 N–H and O–H groups in total. The Morgan fingerprint density at radius 3 is 2.02 bits per heavy atom. The molecule has 0 saturated carbocycles. The summed E-state index contributed by atoms with van der Waals surface area (Å²) in [7, 11) is 0. The highest BCUT2D eigenvalue weighted by molar-refractivity contribution is 6.12. The van der Waals surface area contributed by atoms with E-state index in [1.54, 1.807) is 0 Å². The number of benzene rings is 6. The second-order valence-corrected chi connectivity index (χ2v) is 12.2. The van der Waals surface area contributed by atoms with E-state index < -0.39 is 0 Å². The summed E-state index contributed by atoms with van der Waals surface area (Å²) in [4.78, 5) is 10.4. The fourth-order valence-corrected chi connectivity index (χ4v) is 7.18. The molecule has 1 aliphatic carbocycles. The highest BCUT2D eigenvalue weighted by Gasteiger charge is 2.37. The Balaban J connectivity index is 1.21. The van der Waals surface area contributed by atoms with E-state index in [2.05, 4.69) is 129 Å². The molecule has 0 bridgehead atoms. The maximum atomic E-state index is 6.16. The van der Waals surface area contributed by atoms with Crippen LogP contribution < -0.4 is 0 Å². The molecule has 0 aliphatic heterocycles. The van der Waals surface area contributed by atoms with E-state index >= 15 is 0 Å². The number of hydrogen-bond donors (Lipinski definition) is 0. The highest BCUT2D eigenvalue weighted by Crippen LogP contribution is 2.51. The minimum Gasteiger partial charge on any atom is -0.456 e. The van der Waals surface area contributed by atoms with Crippen LogP contribution in [0.1, 0.15) is 25.0 Å². The Bertz CT molecular complexity index is 2410. The monoisotopic (exact) mass is 564 g/mol. The average Bonchev–Trinajstić information content (AvgIpc) is 3.57. The first-order valence-corrected chi connectivity index (χ1v) is 15.1. The van der Waals surface area contributed by atoms with Crippen molar-refractivity contribution in [3.63, 3.8) is 0 Å². The van der Waals surface area contributed by atoms with Crippen LogP contribution in [0.5, 0.6) is 0 Å². The van der Waals surface area contributed by atoms with Gasteiger partial charge in [0.2, 0.25) is 0 Å². The van der Waals surface area contributed by atoms with Crippen LogP contribution in [0.15, 0.2) is 138 Å². The fraction of sp³-hybridized carbons (Fsp3) is 0.0732. The Morgan fingerprint density at radius 1 is 0.500 bits per heavy atom. The normalized spacial score (nSPS) is 13.4. The predicted octanol–water partition coefficient (Wildman–Crippen LogP) is 10.8. The molecule has 0 radical (unpaired) electrons. The number of aromatic nitrogens is 2. The van der Waals surface area contributed by atoms with E-state index in [1.807, 2.05) is 18.2 Å². The molecule has 3 nitrogen and oxygen atoms in total. The average molecular weight is 565 g/mol. The van der Waals surface area contributed by atoms with Crippen LogP contribution in [-0.4, -0.2) is 9.97 Å². The van der Waals surface area contributed by atoms with Crippen molar-refractivity contribution < 1.29 is 4.42 Å². The van der Waals surface area contributed by atoms with Crippen molar-refractivity contribution in [3.8, 4) is 44.9 Å². The molecule has 8 aromatic rings. The minimum absolute atomic E-state index is 0.0827. The Kier molecular flexibility index (Phi) is 5.24. The predicted molar refractivity (Wildman–Crippen MR) is 181 cm³/mol. The van der Waals surface area contributed by atoms with E-state index in [4.69, 9.17) is 14.4 Å². The van der Waals surface area contributed by atoms with Gasteiger partial charge in [0.1, 0.15) is 11.2 Å². The van der Waals surface area contributed by atoms with Crippen LogP contribution >= 0.6 is 0 Å². The molecular weight excluding hydrogens is 536 g/mol. The number of hydrogen-bond acceptors (Lipinski definition) is 3. The molecule has 9 rings (SSSR count). The van der Waals surface area contributed by atoms with Gasteiger partial charge in [-0.3, -0.25) is 0 Å². The van der Waals surface area contributed by atoms with Crippen molar-refractivity contribution in [1.82, 2.24) is 9.97 Å². The van der Waals surface area contributed by atoms with Gasteiger partial charge in [0.05, 0.1) is 11.2 Å². The largest absolute Gasteiger partial charge is 0.456 e. The van der Waals surface area contributed by atoms with E-state index in [-0.39, 0.29) is 5.41 Å². The third kappa shape index (κ3) is 3.56. The van der Waals surface area contributed by atoms with Gasteiger partial charge in [-0.25, -0.2) is 9.97 Å². The summed E-state index contributed by atoms with van der Waals surface area (Å²) in [6, 6.07) is 46.9. The summed E-state index contributed by atoms with van der Waals surface area (Å²) in [6.07, 6.45) is 0. The number of rotatable bonds is 3. The third-order valence-corrected chi connectivity index (χ3v) is 9.32. The van der Waals surface area contributed by atoms with Crippen LogP contribution in [-0.2, 0) is 5.41 Å². The van der Waals surface area contributed by atoms with Crippen molar-refractivity contribution >= 4 is 32.8 Å². The maximum Gasteiger partial charge on any atom is 0.161 e. The van der Waals surface area contributed by atoms with E-state index in [9.17, 15) is 0 Å². The Hall–Kier alpha value is -5.54. The Labute approximate surface area is 255 Å². The van der Waals surface area contributed by atoms with Crippen molar-refractivity contribution in [2.45, 2.75) is 19.3 Å². The quantitative estimate of drug-likeness (QED) is 0.214. The van der Waals surface area contributed by atoms with Crippen molar-refractivity contribution in [3.05, 3.63) is 145 Å². The maximum absolute atomic E-state index is 6.16. The lowest BCUT2D eigenvalue weighted by Gasteiger charge is -2.21. The second-order valence-electron chi connectivity index (χ2n) is 12.2. The number of fused-ring (bicyclic) bond motifs is 7. The molecule has 0 fully saturated rings. The molecule has 0 atom stereocenters. The van der Waals surface area contributed by atoms with Gasteiger partial charge >= 0.3 is 0 Å². The summed E-state index contributed by atoms with van der Waals surface area (Å²) in [5, 5.41) is 3.32. The van der Waals surface area contributed by atoms with E-state index in [0.717, 1.165) is 66.6 Å². The lowest BCUT2D eigenvalue weighted by Crippen LogP contribution is -2.14. The zero-order valence-electron chi connectivity index (χ0n) is 24.5. The van der Waals surface area contributed by atoms with E-state index in [0.29, 0.717) is 0 Å². The zero-order valence-corrected chi connectivity index (χ0v) is 24.5. The molecular formula is C41H28N2O. The summed E-state index contributed by atoms with van der Waals surface area (Å²) in [6.45, 7) is 4.62. The molecule has 0 saturated heterocycles. The molecule has 2 aromatic heterocycles. The molecule has 0 unspecified atom stereocenters. The van der Waals surface area contributed by atoms with E-state index in [1.165, 1.54) is 22.3 Å². The molecule has 1 aliphatic rings. The molecule has 208 valence electrons. The van der Waals surface area contributed by atoms with Crippen LogP contribution in [0.4, 0.5) is 0 Å². The van der Waals surface area contributed by atoms with Gasteiger partial charge in [0, 0.05) is 32.7 Å². The fourth-order valence-electron chi connectivity index (χ4n) is 7.18. The molecule has 2 heterocycles. The Morgan fingerprint density at radius 2 is 1.14 bits per heavy atom. The van der Waals surface area contributed by atoms with Crippen LogP contribution in [0, 0.1) is 0 Å². The summed E-state index contributed by atoms with van der Waals surface area (Å²) in [5.74, 6) is 0.752. The van der Waals surface area contributed by atoms with Crippen molar-refractivity contribution in [2.75, 3.05) is 0 Å². The lowest BCUT2D eigenvalue weighted by atomic mass is 9.82. The number of nitrogens with zero attached hydrogens (tertiary/aromatic N) is 2. The molecule has 44 heavy (non-hydrogen) atoms. The number of furan rings is 1. The molecule has 0 amide bonds. The zero-order chi connectivity index (χ0) is 29.4. The first-order chi connectivity index (χ1) is 21.6. The van der Waals surface area contributed by atoms with Crippen LogP contribution in [0.25, 0.3) is 77.7 Å². The first kappa shape index (κ1) is 25.0. The summed E-state index contributed by atoms with van der Waals surface area (Å²) < 4.78 is 6.16. The van der Waals surface area contributed by atoms with Gasteiger partial charge in [-0.05, 0) is 51.6 Å². The van der Waals surface area contributed by atoms with Gasteiger partial charge in [-0.2, -0.15) is 0 Å². The van der Waals surface area contributed by atoms with Gasteiger partial charge in [-0.1, -0.05) is 129 Å².